The minimum absolute atomic E-state index is 0.0580. The lowest BCUT2D eigenvalue weighted by Crippen LogP contribution is -2.50. The molecule has 0 aliphatic carbocycles. The van der Waals surface area contributed by atoms with Crippen LogP contribution in [0.4, 0.5) is 0 Å². The molecule has 8 nitrogen and oxygen atoms in total. The smallest absolute Gasteiger partial charge is 0.249 e. The number of ketones is 1. The van der Waals surface area contributed by atoms with E-state index in [1.54, 1.807) is 6.92 Å². The van der Waals surface area contributed by atoms with Crippen LogP contribution in [-0.2, 0) is 23.9 Å². The van der Waals surface area contributed by atoms with Gasteiger partial charge in [-0.1, -0.05) is 13.8 Å². The van der Waals surface area contributed by atoms with Crippen molar-refractivity contribution in [1.29, 1.82) is 0 Å². The van der Waals surface area contributed by atoms with Gasteiger partial charge in [0.2, 0.25) is 17.7 Å². The maximum absolute atomic E-state index is 12.2. The highest BCUT2D eigenvalue weighted by atomic mass is 16.5. The van der Waals surface area contributed by atoms with Crippen LogP contribution in [0.25, 0.3) is 0 Å². The Hall–Kier alpha value is -1.96. The molecule has 0 spiro atoms. The Labute approximate surface area is 129 Å². The average Bonchev–Trinajstić information content (AvgIpc) is 2.84. The molecule has 3 unspecified atom stereocenters. The zero-order chi connectivity index (χ0) is 17.0. The third-order valence-electron chi connectivity index (χ3n) is 4.23. The molecule has 0 saturated carbocycles. The first-order chi connectivity index (χ1) is 10.2. The predicted octanol–water partition coefficient (Wildman–Crippen LogP) is -1.20. The van der Waals surface area contributed by atoms with Crippen LogP contribution in [0.5, 0.6) is 0 Å². The Morgan fingerprint density at radius 3 is 2.41 bits per heavy atom. The third kappa shape index (κ3) is 4.03. The fourth-order valence-electron chi connectivity index (χ4n) is 2.39. The van der Waals surface area contributed by atoms with E-state index in [2.05, 4.69) is 0 Å². The number of primary amides is 2. The number of nitrogens with zero attached hydrogens (tertiary/aromatic N) is 1. The number of carbonyl (C=O) groups excluding carboxylic acids is 4. The summed E-state index contributed by atoms with van der Waals surface area (Å²) in [5.41, 5.74) is 10.4. The highest BCUT2D eigenvalue weighted by molar-refractivity contribution is 5.98. The maximum Gasteiger partial charge on any atom is 0.249 e. The minimum atomic E-state index is -1.11. The van der Waals surface area contributed by atoms with Gasteiger partial charge in [-0.2, -0.15) is 0 Å². The molecule has 1 aliphatic rings. The van der Waals surface area contributed by atoms with Crippen LogP contribution < -0.4 is 11.5 Å². The molecule has 0 bridgehead atoms. The second-order valence-electron chi connectivity index (χ2n) is 5.76. The van der Waals surface area contributed by atoms with Crippen molar-refractivity contribution < 1.29 is 23.9 Å². The molecule has 1 aliphatic heterocycles. The van der Waals surface area contributed by atoms with Crippen molar-refractivity contribution in [3.63, 3.8) is 0 Å². The molecule has 0 aromatic rings. The van der Waals surface area contributed by atoms with Crippen molar-refractivity contribution in [3.05, 3.63) is 0 Å². The van der Waals surface area contributed by atoms with Crippen molar-refractivity contribution >= 4 is 23.5 Å². The van der Waals surface area contributed by atoms with E-state index < -0.39 is 24.0 Å². The van der Waals surface area contributed by atoms with E-state index in [1.165, 1.54) is 11.9 Å². The van der Waals surface area contributed by atoms with Gasteiger partial charge in [-0.05, 0) is 12.3 Å². The van der Waals surface area contributed by atoms with Crippen LogP contribution in [0, 0.1) is 11.8 Å². The van der Waals surface area contributed by atoms with Gasteiger partial charge in [-0.3, -0.25) is 19.2 Å². The highest BCUT2D eigenvalue weighted by Gasteiger charge is 2.43. The number of amides is 3. The monoisotopic (exact) mass is 313 g/mol. The summed E-state index contributed by atoms with van der Waals surface area (Å²) in [7, 11) is 1.44. The molecule has 3 amide bonds. The molecule has 4 atom stereocenters. The lowest BCUT2D eigenvalue weighted by molar-refractivity contribution is -0.140. The van der Waals surface area contributed by atoms with Crippen molar-refractivity contribution in [2.45, 2.75) is 38.8 Å². The molecule has 0 aromatic carbocycles. The second kappa shape index (κ2) is 7.35. The predicted molar refractivity (Wildman–Crippen MR) is 77.3 cm³/mol. The molecule has 1 rings (SSSR count). The van der Waals surface area contributed by atoms with E-state index in [0.717, 1.165) is 0 Å². The number of likely N-dealkylation sites (N-methyl/N-ethyl adjacent to an activating group) is 1. The van der Waals surface area contributed by atoms with E-state index in [9.17, 15) is 19.2 Å². The summed E-state index contributed by atoms with van der Waals surface area (Å²) >= 11 is 0. The van der Waals surface area contributed by atoms with Gasteiger partial charge < -0.3 is 21.1 Å². The zero-order valence-electron chi connectivity index (χ0n) is 13.1. The standard InChI is InChI=1S/C14H23N3O5/c1-7(8(2)13(15)20)4-5-10(19)17(3)11-9(18)6-22-12(11)14(16)21/h7-8,11-12H,4-6H2,1-3H3,(H2,15,20)(H2,16,21)/t7?,8?,11?,12-/m0/s1. The number of carbonyl (C=O) groups is 4. The molecule has 1 saturated heterocycles. The van der Waals surface area contributed by atoms with Gasteiger partial charge in [0.05, 0.1) is 0 Å². The Kier molecular flexibility index (Phi) is 6.04. The number of nitrogens with two attached hydrogens (primary N) is 2. The molecule has 0 radical (unpaired) electrons. The van der Waals surface area contributed by atoms with E-state index >= 15 is 0 Å². The minimum Gasteiger partial charge on any atom is -0.369 e. The van der Waals surface area contributed by atoms with E-state index in [4.69, 9.17) is 16.2 Å². The summed E-state index contributed by atoms with van der Waals surface area (Å²) in [5, 5.41) is 0. The molecule has 1 fully saturated rings. The summed E-state index contributed by atoms with van der Waals surface area (Å²) < 4.78 is 5.03. The van der Waals surface area contributed by atoms with Gasteiger partial charge in [-0.25, -0.2) is 0 Å². The zero-order valence-corrected chi connectivity index (χ0v) is 13.1. The number of hydrogen-bond acceptors (Lipinski definition) is 5. The van der Waals surface area contributed by atoms with Gasteiger partial charge in [0.15, 0.2) is 11.9 Å². The van der Waals surface area contributed by atoms with Gasteiger partial charge in [0.1, 0.15) is 12.6 Å². The molecule has 1 heterocycles. The lowest BCUT2D eigenvalue weighted by Gasteiger charge is -2.26. The van der Waals surface area contributed by atoms with Crippen molar-refractivity contribution in [2.24, 2.45) is 23.3 Å². The van der Waals surface area contributed by atoms with E-state index in [0.29, 0.717) is 6.42 Å². The van der Waals surface area contributed by atoms with Crippen molar-refractivity contribution in [3.8, 4) is 0 Å². The summed E-state index contributed by atoms with van der Waals surface area (Å²) in [4.78, 5) is 47.5. The van der Waals surface area contributed by atoms with E-state index in [-0.39, 0.29) is 36.6 Å². The van der Waals surface area contributed by atoms with Gasteiger partial charge in [0.25, 0.3) is 0 Å². The third-order valence-corrected chi connectivity index (χ3v) is 4.23. The van der Waals surface area contributed by atoms with Crippen LogP contribution in [0.2, 0.25) is 0 Å². The van der Waals surface area contributed by atoms with Gasteiger partial charge >= 0.3 is 0 Å². The van der Waals surface area contributed by atoms with Crippen LogP contribution >= 0.6 is 0 Å². The summed E-state index contributed by atoms with van der Waals surface area (Å²) in [5.74, 6) is -2.24. The Morgan fingerprint density at radius 1 is 1.32 bits per heavy atom. The first kappa shape index (κ1) is 18.1. The Balaban J connectivity index is 2.63. The lowest BCUT2D eigenvalue weighted by atomic mass is 9.91. The van der Waals surface area contributed by atoms with Crippen LogP contribution in [0.15, 0.2) is 0 Å². The summed E-state index contributed by atoms with van der Waals surface area (Å²) in [6, 6.07) is -0.978. The van der Waals surface area contributed by atoms with Crippen LogP contribution in [0.1, 0.15) is 26.7 Å². The number of ether oxygens (including phenoxy) is 1. The largest absolute Gasteiger partial charge is 0.369 e. The average molecular weight is 313 g/mol. The quantitative estimate of drug-likeness (QED) is 0.609. The van der Waals surface area contributed by atoms with Crippen molar-refractivity contribution in [2.75, 3.05) is 13.7 Å². The first-order valence-electron chi connectivity index (χ1n) is 7.15. The fraction of sp³-hybridized carbons (Fsp3) is 0.714. The number of rotatable bonds is 7. The highest BCUT2D eigenvalue weighted by Crippen LogP contribution is 2.20. The second-order valence-corrected chi connectivity index (χ2v) is 5.76. The molecule has 0 aromatic heterocycles. The topological polar surface area (TPSA) is 133 Å². The van der Waals surface area contributed by atoms with Crippen LogP contribution in [-0.4, -0.2) is 54.2 Å². The summed E-state index contributed by atoms with van der Waals surface area (Å²) in [6.07, 6.45) is -0.510. The Bertz CT molecular complexity index is 479. The molecular weight excluding hydrogens is 290 g/mol. The Morgan fingerprint density at radius 2 is 1.91 bits per heavy atom. The number of Topliss-reactive ketones (excluding diaryl/α,β-unsaturated/α-hetero) is 1. The van der Waals surface area contributed by atoms with Gasteiger partial charge in [0, 0.05) is 19.4 Å². The summed E-state index contributed by atoms with van der Waals surface area (Å²) in [6.45, 7) is 3.31. The molecule has 4 N–H and O–H groups in total. The molecular formula is C14H23N3O5. The SMILES string of the molecule is CC(CCC(=O)N(C)C1C(=O)CO[C@@H]1C(N)=O)C(C)C(N)=O. The fourth-order valence-corrected chi connectivity index (χ4v) is 2.39. The number of hydrogen-bond donors (Lipinski definition) is 2. The van der Waals surface area contributed by atoms with Crippen LogP contribution in [0.3, 0.4) is 0 Å². The molecule has 124 valence electrons. The normalized spacial score (nSPS) is 23.9. The van der Waals surface area contributed by atoms with Crippen molar-refractivity contribution in [1.82, 2.24) is 4.90 Å². The first-order valence-corrected chi connectivity index (χ1v) is 7.15. The van der Waals surface area contributed by atoms with Gasteiger partial charge in [-0.15, -0.1) is 0 Å². The maximum atomic E-state index is 12.2. The molecule has 22 heavy (non-hydrogen) atoms. The molecule has 8 heteroatoms. The van der Waals surface area contributed by atoms with E-state index in [1.807, 2.05) is 6.92 Å².